The normalized spacial score (nSPS) is 12.1. The maximum Gasteiger partial charge on any atom is 0.132 e. The third-order valence-corrected chi connectivity index (χ3v) is 4.29. The number of halogens is 2. The molecule has 2 nitrogen and oxygen atoms in total. The standard InChI is InChI=1S/C16H17BrFNO/c1-10-5-4-6-15(16(10)17)19-11(2)13-8-7-12(20-3)9-14(13)18/h4-9,11,19H,1-3H3. The lowest BCUT2D eigenvalue weighted by Crippen LogP contribution is -2.09. The highest BCUT2D eigenvalue weighted by molar-refractivity contribution is 9.10. The van der Waals surface area contributed by atoms with E-state index in [9.17, 15) is 4.39 Å². The molecule has 0 aliphatic heterocycles. The number of rotatable bonds is 4. The summed E-state index contributed by atoms with van der Waals surface area (Å²) in [7, 11) is 1.53. The second-order valence-electron chi connectivity index (χ2n) is 4.69. The minimum atomic E-state index is -0.270. The first-order chi connectivity index (χ1) is 9.52. The Balaban J connectivity index is 2.24. The van der Waals surface area contributed by atoms with Crippen LogP contribution in [0.3, 0.4) is 0 Å². The molecule has 20 heavy (non-hydrogen) atoms. The van der Waals surface area contributed by atoms with Crippen molar-refractivity contribution < 1.29 is 9.13 Å². The molecule has 2 aromatic rings. The Kier molecular flexibility index (Phi) is 4.65. The molecule has 0 saturated carbocycles. The first-order valence-corrected chi connectivity index (χ1v) is 7.17. The Morgan fingerprint density at radius 2 is 2.00 bits per heavy atom. The van der Waals surface area contributed by atoms with Gasteiger partial charge in [-0.25, -0.2) is 4.39 Å². The highest BCUT2D eigenvalue weighted by Gasteiger charge is 2.13. The summed E-state index contributed by atoms with van der Waals surface area (Å²) in [6, 6.07) is 10.7. The average Bonchev–Trinajstić information content (AvgIpc) is 2.43. The first-order valence-electron chi connectivity index (χ1n) is 6.38. The molecule has 4 heteroatoms. The van der Waals surface area contributed by atoms with Crippen molar-refractivity contribution in [3.8, 4) is 5.75 Å². The van der Waals surface area contributed by atoms with Crippen LogP contribution in [0, 0.1) is 12.7 Å². The molecule has 2 aromatic carbocycles. The number of nitrogens with one attached hydrogen (secondary N) is 1. The van der Waals surface area contributed by atoms with Crippen molar-refractivity contribution in [2.45, 2.75) is 19.9 Å². The van der Waals surface area contributed by atoms with Gasteiger partial charge < -0.3 is 10.1 Å². The highest BCUT2D eigenvalue weighted by atomic mass is 79.9. The van der Waals surface area contributed by atoms with Crippen molar-refractivity contribution >= 4 is 21.6 Å². The van der Waals surface area contributed by atoms with Crippen LogP contribution in [-0.4, -0.2) is 7.11 Å². The summed E-state index contributed by atoms with van der Waals surface area (Å²) in [5.74, 6) is 0.253. The predicted octanol–water partition coefficient (Wildman–Crippen LogP) is 5.08. The van der Waals surface area contributed by atoms with Gasteiger partial charge in [-0.2, -0.15) is 0 Å². The quantitative estimate of drug-likeness (QED) is 0.840. The highest BCUT2D eigenvalue weighted by Crippen LogP contribution is 2.30. The molecule has 2 rings (SSSR count). The lowest BCUT2D eigenvalue weighted by atomic mass is 10.1. The lowest BCUT2D eigenvalue weighted by Gasteiger charge is -2.18. The van der Waals surface area contributed by atoms with Gasteiger partial charge in [-0.15, -0.1) is 0 Å². The first kappa shape index (κ1) is 14.9. The van der Waals surface area contributed by atoms with E-state index < -0.39 is 0 Å². The molecule has 1 atom stereocenters. The Labute approximate surface area is 127 Å². The Hall–Kier alpha value is -1.55. The molecule has 0 aliphatic carbocycles. The average molecular weight is 338 g/mol. The summed E-state index contributed by atoms with van der Waals surface area (Å²) in [6.45, 7) is 3.95. The van der Waals surface area contributed by atoms with Gasteiger partial charge in [0.1, 0.15) is 11.6 Å². The number of ether oxygens (including phenoxy) is 1. The van der Waals surface area contributed by atoms with E-state index in [0.717, 1.165) is 15.7 Å². The second kappa shape index (κ2) is 6.27. The maximum atomic E-state index is 14.0. The van der Waals surface area contributed by atoms with Gasteiger partial charge in [0.2, 0.25) is 0 Å². The third kappa shape index (κ3) is 3.12. The fraction of sp³-hybridized carbons (Fsp3) is 0.250. The van der Waals surface area contributed by atoms with E-state index in [1.54, 1.807) is 12.1 Å². The third-order valence-electron chi connectivity index (χ3n) is 3.24. The van der Waals surface area contributed by atoms with E-state index in [0.29, 0.717) is 11.3 Å². The van der Waals surface area contributed by atoms with Crippen LogP contribution in [-0.2, 0) is 0 Å². The molecule has 0 spiro atoms. The van der Waals surface area contributed by atoms with Gasteiger partial charge >= 0.3 is 0 Å². The van der Waals surface area contributed by atoms with Crippen molar-refractivity contribution in [2.24, 2.45) is 0 Å². The largest absolute Gasteiger partial charge is 0.497 e. The summed E-state index contributed by atoms with van der Waals surface area (Å²) in [6.07, 6.45) is 0. The van der Waals surface area contributed by atoms with Crippen LogP contribution in [0.5, 0.6) is 5.75 Å². The van der Waals surface area contributed by atoms with Gasteiger partial charge in [0.05, 0.1) is 13.2 Å². The number of aryl methyl sites for hydroxylation is 1. The van der Waals surface area contributed by atoms with Crippen LogP contribution in [0.15, 0.2) is 40.9 Å². The zero-order valence-electron chi connectivity index (χ0n) is 11.7. The number of benzene rings is 2. The molecule has 0 fully saturated rings. The Morgan fingerprint density at radius 1 is 1.25 bits per heavy atom. The second-order valence-corrected chi connectivity index (χ2v) is 5.48. The molecular weight excluding hydrogens is 321 g/mol. The predicted molar refractivity (Wildman–Crippen MR) is 83.9 cm³/mol. The Bertz CT molecular complexity index is 615. The summed E-state index contributed by atoms with van der Waals surface area (Å²) in [4.78, 5) is 0. The maximum absolute atomic E-state index is 14.0. The van der Waals surface area contributed by atoms with Crippen molar-refractivity contribution in [1.82, 2.24) is 0 Å². The van der Waals surface area contributed by atoms with Crippen molar-refractivity contribution in [3.63, 3.8) is 0 Å². The van der Waals surface area contributed by atoms with Crippen LogP contribution in [0.4, 0.5) is 10.1 Å². The van der Waals surface area contributed by atoms with E-state index in [4.69, 9.17) is 4.74 Å². The molecule has 0 saturated heterocycles. The van der Waals surface area contributed by atoms with Gasteiger partial charge in [0.15, 0.2) is 0 Å². The minimum Gasteiger partial charge on any atom is -0.497 e. The van der Waals surface area contributed by atoms with Gasteiger partial charge in [0, 0.05) is 21.8 Å². The molecule has 0 aromatic heterocycles. The van der Waals surface area contributed by atoms with Crippen LogP contribution in [0.25, 0.3) is 0 Å². The molecule has 1 unspecified atom stereocenters. The zero-order chi connectivity index (χ0) is 14.7. The zero-order valence-corrected chi connectivity index (χ0v) is 13.3. The molecule has 0 amide bonds. The summed E-state index contributed by atoms with van der Waals surface area (Å²) in [5, 5.41) is 3.32. The van der Waals surface area contributed by atoms with Gasteiger partial charge in [-0.1, -0.05) is 18.2 Å². The molecule has 1 N–H and O–H groups in total. The van der Waals surface area contributed by atoms with Crippen LogP contribution >= 0.6 is 15.9 Å². The fourth-order valence-electron chi connectivity index (χ4n) is 2.06. The number of hydrogen-bond acceptors (Lipinski definition) is 2. The summed E-state index contributed by atoms with van der Waals surface area (Å²) in [5.41, 5.74) is 2.70. The molecule has 0 bridgehead atoms. The van der Waals surface area contributed by atoms with Crippen molar-refractivity contribution in [2.75, 3.05) is 12.4 Å². The number of anilines is 1. The minimum absolute atomic E-state index is 0.140. The van der Waals surface area contributed by atoms with Crippen LogP contribution < -0.4 is 10.1 Å². The van der Waals surface area contributed by atoms with E-state index in [1.165, 1.54) is 13.2 Å². The van der Waals surface area contributed by atoms with Gasteiger partial charge in [0.25, 0.3) is 0 Å². The number of hydrogen-bond donors (Lipinski definition) is 1. The van der Waals surface area contributed by atoms with E-state index in [1.807, 2.05) is 32.0 Å². The summed E-state index contributed by atoms with van der Waals surface area (Å²) < 4.78 is 20.1. The smallest absolute Gasteiger partial charge is 0.132 e. The molecule has 0 heterocycles. The van der Waals surface area contributed by atoms with E-state index in [2.05, 4.69) is 21.2 Å². The lowest BCUT2D eigenvalue weighted by molar-refractivity contribution is 0.410. The fourth-order valence-corrected chi connectivity index (χ4v) is 2.43. The van der Waals surface area contributed by atoms with Crippen LogP contribution in [0.2, 0.25) is 0 Å². The van der Waals surface area contributed by atoms with Gasteiger partial charge in [-0.05, 0) is 47.5 Å². The summed E-state index contributed by atoms with van der Waals surface area (Å²) >= 11 is 3.55. The number of methoxy groups -OCH3 is 1. The van der Waals surface area contributed by atoms with Crippen molar-refractivity contribution in [1.29, 1.82) is 0 Å². The van der Waals surface area contributed by atoms with E-state index >= 15 is 0 Å². The topological polar surface area (TPSA) is 21.3 Å². The van der Waals surface area contributed by atoms with Gasteiger partial charge in [-0.3, -0.25) is 0 Å². The molecular formula is C16H17BrFNO. The van der Waals surface area contributed by atoms with E-state index in [-0.39, 0.29) is 11.9 Å². The Morgan fingerprint density at radius 3 is 2.65 bits per heavy atom. The van der Waals surface area contributed by atoms with Crippen LogP contribution in [0.1, 0.15) is 24.1 Å². The molecule has 106 valence electrons. The monoisotopic (exact) mass is 337 g/mol. The molecule has 0 aliphatic rings. The van der Waals surface area contributed by atoms with Crippen molar-refractivity contribution in [3.05, 3.63) is 57.8 Å². The molecule has 0 radical (unpaired) electrons. The SMILES string of the molecule is COc1ccc(C(C)Nc2cccc(C)c2Br)c(F)c1.